The van der Waals surface area contributed by atoms with Gasteiger partial charge >= 0.3 is 0 Å². The van der Waals surface area contributed by atoms with Crippen molar-refractivity contribution in [2.45, 2.75) is 39.2 Å². The Hall–Kier alpha value is -1.95. The molecule has 124 valence electrons. The first-order chi connectivity index (χ1) is 11.1. The summed E-state index contributed by atoms with van der Waals surface area (Å²) in [7, 11) is 1.93. The maximum absolute atomic E-state index is 10.6. The number of nitrogens with zero attached hydrogens (tertiary/aromatic N) is 5. The summed E-state index contributed by atoms with van der Waals surface area (Å²) in [6.07, 6.45) is 5.94. The third-order valence-corrected chi connectivity index (χ3v) is 4.67. The summed E-state index contributed by atoms with van der Waals surface area (Å²) in [6.45, 7) is 5.87. The van der Waals surface area contributed by atoms with Gasteiger partial charge in [0.25, 0.3) is 0 Å². The molecular weight excluding hydrogens is 290 g/mol. The Morgan fingerprint density at radius 1 is 1.30 bits per heavy atom. The molecule has 0 aliphatic carbocycles. The third-order valence-electron chi connectivity index (χ3n) is 4.67. The molecule has 1 aliphatic rings. The van der Waals surface area contributed by atoms with Gasteiger partial charge in [0.2, 0.25) is 0 Å². The van der Waals surface area contributed by atoms with E-state index in [1.165, 1.54) is 0 Å². The number of rotatable bonds is 4. The van der Waals surface area contributed by atoms with Crippen LogP contribution < -0.4 is 4.90 Å². The molecule has 23 heavy (non-hydrogen) atoms. The Labute approximate surface area is 137 Å². The van der Waals surface area contributed by atoms with Crippen molar-refractivity contribution in [2.75, 3.05) is 18.0 Å². The molecule has 3 heterocycles. The molecule has 1 N–H and O–H groups in total. The molecule has 6 heteroatoms. The highest BCUT2D eigenvalue weighted by molar-refractivity contribution is 5.40. The van der Waals surface area contributed by atoms with Crippen molar-refractivity contribution in [1.82, 2.24) is 19.5 Å². The van der Waals surface area contributed by atoms with Crippen LogP contribution in [0.3, 0.4) is 0 Å². The van der Waals surface area contributed by atoms with Gasteiger partial charge in [-0.25, -0.2) is 15.0 Å². The van der Waals surface area contributed by atoms with E-state index in [9.17, 15) is 5.11 Å². The quantitative estimate of drug-likeness (QED) is 0.935. The van der Waals surface area contributed by atoms with E-state index in [-0.39, 0.29) is 5.92 Å². The average molecular weight is 315 g/mol. The molecule has 1 fully saturated rings. The van der Waals surface area contributed by atoms with Gasteiger partial charge in [0, 0.05) is 44.3 Å². The Morgan fingerprint density at radius 3 is 2.65 bits per heavy atom. The highest BCUT2D eigenvalue weighted by atomic mass is 16.3. The Balaban J connectivity index is 1.67. The fraction of sp³-hybridized carbons (Fsp3) is 0.588. The molecular formula is C17H25N5O. The monoisotopic (exact) mass is 315 g/mol. The number of aliphatic hydroxyl groups is 1. The minimum absolute atomic E-state index is 0.251. The van der Waals surface area contributed by atoms with Gasteiger partial charge in [0.15, 0.2) is 0 Å². The van der Waals surface area contributed by atoms with Crippen molar-refractivity contribution in [3.05, 3.63) is 35.8 Å². The minimum atomic E-state index is -0.490. The number of imidazole rings is 1. The molecule has 0 radical (unpaired) electrons. The average Bonchev–Trinajstić information content (AvgIpc) is 2.99. The summed E-state index contributed by atoms with van der Waals surface area (Å²) in [5.41, 5.74) is 1.09. The van der Waals surface area contributed by atoms with Crippen LogP contribution >= 0.6 is 0 Å². The lowest BCUT2D eigenvalue weighted by molar-refractivity contribution is 0.0824. The first-order valence-electron chi connectivity index (χ1n) is 8.33. The van der Waals surface area contributed by atoms with E-state index in [4.69, 9.17) is 0 Å². The molecule has 0 unspecified atom stereocenters. The normalized spacial score (nSPS) is 17.5. The molecule has 0 spiro atoms. The first kappa shape index (κ1) is 15.9. The second-order valence-corrected chi connectivity index (χ2v) is 6.28. The van der Waals surface area contributed by atoms with Crippen LogP contribution in [-0.4, -0.2) is 37.7 Å². The Morgan fingerprint density at radius 2 is 2.04 bits per heavy atom. The van der Waals surface area contributed by atoms with Gasteiger partial charge in [-0.05, 0) is 32.1 Å². The maximum Gasteiger partial charge on any atom is 0.137 e. The standard InChI is InChI=1S/C17H25N5O/c1-4-14-11-15(20-12(2)19-14)22-8-5-13(6-9-22)16(23)17-18-7-10-21(17)3/h7,10-11,13,16,23H,4-6,8-9H2,1-3H3/t16-/m1/s1. The fourth-order valence-electron chi connectivity index (χ4n) is 3.27. The zero-order valence-corrected chi connectivity index (χ0v) is 14.1. The van der Waals surface area contributed by atoms with Crippen molar-refractivity contribution in [2.24, 2.45) is 13.0 Å². The number of aromatic nitrogens is 4. The van der Waals surface area contributed by atoms with Gasteiger partial charge in [0.05, 0.1) is 0 Å². The Kier molecular flexibility index (Phi) is 4.61. The number of anilines is 1. The van der Waals surface area contributed by atoms with Gasteiger partial charge in [-0.15, -0.1) is 0 Å². The number of aliphatic hydroxyl groups excluding tert-OH is 1. The summed E-state index contributed by atoms with van der Waals surface area (Å²) in [6, 6.07) is 2.09. The van der Waals surface area contributed by atoms with Gasteiger partial charge in [-0.3, -0.25) is 0 Å². The largest absolute Gasteiger partial charge is 0.385 e. The van der Waals surface area contributed by atoms with Crippen LogP contribution in [0.5, 0.6) is 0 Å². The summed E-state index contributed by atoms with van der Waals surface area (Å²) in [4.78, 5) is 15.6. The summed E-state index contributed by atoms with van der Waals surface area (Å²) < 4.78 is 1.90. The lowest BCUT2D eigenvalue weighted by Crippen LogP contribution is -2.36. The van der Waals surface area contributed by atoms with Gasteiger partial charge in [-0.1, -0.05) is 6.92 Å². The smallest absolute Gasteiger partial charge is 0.137 e. The molecule has 2 aromatic rings. The van der Waals surface area contributed by atoms with Crippen molar-refractivity contribution < 1.29 is 5.11 Å². The van der Waals surface area contributed by atoms with Gasteiger partial charge < -0.3 is 14.6 Å². The molecule has 1 atom stereocenters. The van der Waals surface area contributed by atoms with Crippen LogP contribution in [0.2, 0.25) is 0 Å². The van der Waals surface area contributed by atoms with E-state index < -0.39 is 6.10 Å². The van der Waals surface area contributed by atoms with E-state index in [1.807, 2.05) is 24.7 Å². The van der Waals surface area contributed by atoms with E-state index >= 15 is 0 Å². The second kappa shape index (κ2) is 6.66. The van der Waals surface area contributed by atoms with Crippen LogP contribution in [0.15, 0.2) is 18.5 Å². The molecule has 3 rings (SSSR count). The number of aryl methyl sites for hydroxylation is 3. The van der Waals surface area contributed by atoms with E-state index in [0.717, 1.165) is 55.5 Å². The van der Waals surface area contributed by atoms with Crippen LogP contribution in [0, 0.1) is 12.8 Å². The SMILES string of the molecule is CCc1cc(N2CCC([C@@H](O)c3nccn3C)CC2)nc(C)n1. The highest BCUT2D eigenvalue weighted by Gasteiger charge is 2.29. The van der Waals surface area contributed by atoms with Crippen LogP contribution in [0.1, 0.15) is 43.2 Å². The first-order valence-corrected chi connectivity index (χ1v) is 8.33. The zero-order valence-electron chi connectivity index (χ0n) is 14.1. The van der Waals surface area contributed by atoms with Gasteiger partial charge in [0.1, 0.15) is 23.6 Å². The zero-order chi connectivity index (χ0) is 16.4. The molecule has 0 saturated carbocycles. The van der Waals surface area contributed by atoms with Gasteiger partial charge in [-0.2, -0.15) is 0 Å². The predicted molar refractivity (Wildman–Crippen MR) is 89.3 cm³/mol. The summed E-state index contributed by atoms with van der Waals surface area (Å²) in [5, 5.41) is 10.6. The predicted octanol–water partition coefficient (Wildman–Crippen LogP) is 2.03. The molecule has 6 nitrogen and oxygen atoms in total. The fourth-order valence-corrected chi connectivity index (χ4v) is 3.27. The van der Waals surface area contributed by atoms with Crippen LogP contribution in [-0.2, 0) is 13.5 Å². The molecule has 0 bridgehead atoms. The minimum Gasteiger partial charge on any atom is -0.385 e. The lowest BCUT2D eigenvalue weighted by Gasteiger charge is -2.34. The molecule has 2 aromatic heterocycles. The van der Waals surface area contributed by atoms with Crippen LogP contribution in [0.25, 0.3) is 0 Å². The lowest BCUT2D eigenvalue weighted by atomic mass is 9.90. The van der Waals surface area contributed by atoms with Crippen LogP contribution in [0.4, 0.5) is 5.82 Å². The summed E-state index contributed by atoms with van der Waals surface area (Å²) >= 11 is 0. The molecule has 1 saturated heterocycles. The van der Waals surface area contributed by atoms with E-state index in [1.54, 1.807) is 6.20 Å². The third kappa shape index (κ3) is 3.37. The summed E-state index contributed by atoms with van der Waals surface area (Å²) in [5.74, 6) is 2.85. The highest BCUT2D eigenvalue weighted by Crippen LogP contribution is 2.31. The Bertz CT molecular complexity index is 661. The molecule has 0 amide bonds. The number of hydrogen-bond acceptors (Lipinski definition) is 5. The van der Waals surface area contributed by atoms with Crippen molar-refractivity contribution in [1.29, 1.82) is 0 Å². The molecule has 0 aromatic carbocycles. The van der Waals surface area contributed by atoms with Crippen molar-refractivity contribution in [3.8, 4) is 0 Å². The number of piperidine rings is 1. The van der Waals surface area contributed by atoms with Crippen molar-refractivity contribution >= 4 is 5.82 Å². The van der Waals surface area contributed by atoms with E-state index in [2.05, 4.69) is 32.8 Å². The maximum atomic E-state index is 10.6. The number of hydrogen-bond donors (Lipinski definition) is 1. The van der Waals surface area contributed by atoms with Crippen molar-refractivity contribution in [3.63, 3.8) is 0 Å². The van der Waals surface area contributed by atoms with E-state index in [0.29, 0.717) is 0 Å². The second-order valence-electron chi connectivity index (χ2n) is 6.28. The molecule has 1 aliphatic heterocycles. The topological polar surface area (TPSA) is 67.1 Å².